The Labute approximate surface area is 131 Å². The Balaban J connectivity index is 2.02. The summed E-state index contributed by atoms with van der Waals surface area (Å²) in [5.74, 6) is -0.797. The lowest BCUT2D eigenvalue weighted by atomic mass is 10.1. The van der Waals surface area contributed by atoms with Gasteiger partial charge in [0.05, 0.1) is 18.8 Å². The average Bonchev–Trinajstić information content (AvgIpc) is 2.92. The van der Waals surface area contributed by atoms with Crippen LogP contribution < -0.4 is 5.56 Å². The molecule has 2 aliphatic heterocycles. The van der Waals surface area contributed by atoms with Crippen molar-refractivity contribution in [1.29, 1.82) is 0 Å². The molecule has 2 saturated heterocycles. The van der Waals surface area contributed by atoms with E-state index in [1.807, 2.05) is 0 Å². The number of nitrogens with zero attached hydrogens (tertiary/aromatic N) is 1. The van der Waals surface area contributed by atoms with Gasteiger partial charge >= 0.3 is 0 Å². The van der Waals surface area contributed by atoms with E-state index in [-0.39, 0.29) is 16.9 Å². The Hall–Kier alpha value is -1.10. The van der Waals surface area contributed by atoms with E-state index in [1.165, 1.54) is 10.8 Å². The number of aromatic nitrogens is 2. The van der Waals surface area contributed by atoms with Crippen LogP contribution in [0.4, 0.5) is 0 Å². The molecule has 1 aromatic rings. The molecule has 22 heavy (non-hydrogen) atoms. The van der Waals surface area contributed by atoms with Gasteiger partial charge in [-0.05, 0) is 26.1 Å². The SMILES string of the molecule is CC1(C)OC2C(O1)[C@@H](CO)O[C@H]2n1cc(CO)c(=O)[nH]c1=S. The van der Waals surface area contributed by atoms with E-state index in [0.717, 1.165) is 0 Å². The molecule has 0 spiro atoms. The van der Waals surface area contributed by atoms with Gasteiger partial charge < -0.3 is 24.4 Å². The second kappa shape index (κ2) is 5.52. The highest BCUT2D eigenvalue weighted by atomic mass is 32.1. The largest absolute Gasteiger partial charge is 0.394 e. The summed E-state index contributed by atoms with van der Waals surface area (Å²) in [5, 5.41) is 18.7. The summed E-state index contributed by atoms with van der Waals surface area (Å²) in [6.45, 7) is 2.92. The first-order chi connectivity index (χ1) is 10.4. The first kappa shape index (κ1) is 15.8. The molecule has 122 valence electrons. The summed E-state index contributed by atoms with van der Waals surface area (Å²) in [4.78, 5) is 14.1. The van der Waals surface area contributed by atoms with E-state index in [1.54, 1.807) is 13.8 Å². The van der Waals surface area contributed by atoms with Gasteiger partial charge in [-0.25, -0.2) is 0 Å². The van der Waals surface area contributed by atoms with Crippen LogP contribution in [-0.4, -0.2) is 50.5 Å². The van der Waals surface area contributed by atoms with Crippen molar-refractivity contribution in [2.24, 2.45) is 0 Å². The minimum atomic E-state index is -0.797. The van der Waals surface area contributed by atoms with Crippen LogP contribution in [0.1, 0.15) is 25.6 Å². The van der Waals surface area contributed by atoms with Crippen molar-refractivity contribution >= 4 is 12.2 Å². The zero-order valence-corrected chi connectivity index (χ0v) is 13.0. The molecule has 2 unspecified atom stereocenters. The van der Waals surface area contributed by atoms with Crippen molar-refractivity contribution in [2.75, 3.05) is 6.61 Å². The van der Waals surface area contributed by atoms with Crippen molar-refractivity contribution in [1.82, 2.24) is 9.55 Å². The first-order valence-electron chi connectivity index (χ1n) is 6.93. The molecule has 2 aliphatic rings. The lowest BCUT2D eigenvalue weighted by Crippen LogP contribution is -2.31. The quantitative estimate of drug-likeness (QED) is 0.660. The van der Waals surface area contributed by atoms with Crippen molar-refractivity contribution < 1.29 is 24.4 Å². The van der Waals surface area contributed by atoms with Gasteiger partial charge in [-0.15, -0.1) is 0 Å². The lowest BCUT2D eigenvalue weighted by molar-refractivity contribution is -0.200. The highest BCUT2D eigenvalue weighted by Gasteiger charge is 2.55. The minimum Gasteiger partial charge on any atom is -0.394 e. The second-order valence-corrected chi connectivity index (χ2v) is 6.18. The maximum atomic E-state index is 11.7. The zero-order chi connectivity index (χ0) is 16.1. The molecule has 0 aromatic carbocycles. The van der Waals surface area contributed by atoms with Crippen molar-refractivity contribution in [3.05, 3.63) is 26.9 Å². The number of hydrogen-bond acceptors (Lipinski definition) is 7. The van der Waals surface area contributed by atoms with Gasteiger partial charge in [-0.3, -0.25) is 14.3 Å². The summed E-state index contributed by atoms with van der Waals surface area (Å²) in [6, 6.07) is 0. The van der Waals surface area contributed by atoms with Crippen LogP contribution in [0.5, 0.6) is 0 Å². The van der Waals surface area contributed by atoms with E-state index >= 15 is 0 Å². The predicted molar refractivity (Wildman–Crippen MR) is 76.6 cm³/mol. The van der Waals surface area contributed by atoms with E-state index in [0.29, 0.717) is 0 Å². The van der Waals surface area contributed by atoms with Gasteiger partial charge in [0, 0.05) is 6.20 Å². The number of aliphatic hydroxyl groups is 2. The maximum Gasteiger partial charge on any atom is 0.257 e. The van der Waals surface area contributed by atoms with E-state index in [4.69, 9.17) is 26.4 Å². The van der Waals surface area contributed by atoms with Crippen LogP contribution in [0.3, 0.4) is 0 Å². The number of fused-ring (bicyclic) bond motifs is 1. The number of aliphatic hydroxyl groups excluding tert-OH is 2. The second-order valence-electron chi connectivity index (χ2n) is 5.79. The Morgan fingerprint density at radius 2 is 2.05 bits per heavy atom. The summed E-state index contributed by atoms with van der Waals surface area (Å²) >= 11 is 5.16. The molecule has 0 bridgehead atoms. The number of rotatable bonds is 3. The Kier molecular flexibility index (Phi) is 3.96. The number of ether oxygens (including phenoxy) is 3. The van der Waals surface area contributed by atoms with E-state index < -0.39 is 42.5 Å². The maximum absolute atomic E-state index is 11.7. The normalized spacial score (nSPS) is 33.1. The van der Waals surface area contributed by atoms with Crippen LogP contribution in [-0.2, 0) is 20.8 Å². The monoisotopic (exact) mass is 330 g/mol. The van der Waals surface area contributed by atoms with Gasteiger partial charge in [-0.2, -0.15) is 0 Å². The third kappa shape index (κ3) is 2.53. The Bertz CT molecular complexity index is 684. The summed E-state index contributed by atoms with van der Waals surface area (Å²) in [7, 11) is 0. The molecule has 9 heteroatoms. The fraction of sp³-hybridized carbons (Fsp3) is 0.692. The standard InChI is InChI=1S/C13H18N2O6S/c1-13(2)20-8-7(5-17)19-11(9(8)21-13)15-3-6(4-16)10(18)14-12(15)22/h3,7-9,11,16-17H,4-5H2,1-2H3,(H,14,18,22)/t7-,8?,9?,11-/m1/s1. The summed E-state index contributed by atoms with van der Waals surface area (Å²) in [5.41, 5.74) is -0.278. The van der Waals surface area contributed by atoms with Gasteiger partial charge in [0.1, 0.15) is 18.3 Å². The third-order valence-corrected chi connectivity index (χ3v) is 4.10. The smallest absolute Gasteiger partial charge is 0.257 e. The predicted octanol–water partition coefficient (Wildman–Crippen LogP) is -0.192. The van der Waals surface area contributed by atoms with Gasteiger partial charge in [0.15, 0.2) is 16.8 Å². The molecule has 4 atom stereocenters. The van der Waals surface area contributed by atoms with Crippen molar-refractivity contribution in [3.8, 4) is 0 Å². The summed E-state index contributed by atoms with van der Waals surface area (Å²) < 4.78 is 19.1. The molecule has 3 rings (SSSR count). The fourth-order valence-corrected chi connectivity index (χ4v) is 3.11. The van der Waals surface area contributed by atoms with Crippen LogP contribution in [0.2, 0.25) is 0 Å². The molecular formula is C13H18N2O6S. The molecule has 0 amide bonds. The van der Waals surface area contributed by atoms with Crippen molar-refractivity contribution in [2.45, 2.75) is 50.8 Å². The lowest BCUT2D eigenvalue weighted by Gasteiger charge is -2.25. The van der Waals surface area contributed by atoms with Crippen LogP contribution in [0.25, 0.3) is 0 Å². The molecule has 2 fully saturated rings. The van der Waals surface area contributed by atoms with Crippen LogP contribution in [0, 0.1) is 4.77 Å². The molecular weight excluding hydrogens is 312 g/mol. The average molecular weight is 330 g/mol. The Morgan fingerprint density at radius 1 is 1.36 bits per heavy atom. The summed E-state index contributed by atoms with van der Waals surface area (Å²) in [6.07, 6.45) is -0.674. The fourth-order valence-electron chi connectivity index (χ4n) is 2.86. The van der Waals surface area contributed by atoms with Crippen LogP contribution in [0.15, 0.2) is 11.0 Å². The minimum absolute atomic E-state index is 0.151. The van der Waals surface area contributed by atoms with E-state index in [2.05, 4.69) is 4.98 Å². The Morgan fingerprint density at radius 3 is 2.68 bits per heavy atom. The first-order valence-corrected chi connectivity index (χ1v) is 7.34. The van der Waals surface area contributed by atoms with Gasteiger partial charge in [-0.1, -0.05) is 0 Å². The molecule has 0 aliphatic carbocycles. The molecule has 0 saturated carbocycles. The molecule has 1 aromatic heterocycles. The topological polar surface area (TPSA) is 106 Å². The number of H-pyrrole nitrogens is 1. The zero-order valence-electron chi connectivity index (χ0n) is 12.2. The van der Waals surface area contributed by atoms with Crippen LogP contribution >= 0.6 is 12.2 Å². The van der Waals surface area contributed by atoms with E-state index in [9.17, 15) is 15.0 Å². The van der Waals surface area contributed by atoms with Gasteiger partial charge in [0.2, 0.25) is 0 Å². The molecule has 3 heterocycles. The number of nitrogens with one attached hydrogen (secondary N) is 1. The third-order valence-electron chi connectivity index (χ3n) is 3.79. The number of hydrogen-bond donors (Lipinski definition) is 3. The molecule has 3 N–H and O–H groups in total. The molecule has 0 radical (unpaired) electrons. The highest BCUT2D eigenvalue weighted by molar-refractivity contribution is 7.71. The highest BCUT2D eigenvalue weighted by Crippen LogP contribution is 2.42. The number of aromatic amines is 1. The molecule has 8 nitrogen and oxygen atoms in total. The van der Waals surface area contributed by atoms with Gasteiger partial charge in [0.25, 0.3) is 5.56 Å². The van der Waals surface area contributed by atoms with Crippen molar-refractivity contribution in [3.63, 3.8) is 0 Å².